The predicted molar refractivity (Wildman–Crippen MR) is 90.0 cm³/mol. The van der Waals surface area contributed by atoms with E-state index >= 15 is 0 Å². The van der Waals surface area contributed by atoms with E-state index in [1.165, 1.54) is 44.9 Å². The van der Waals surface area contributed by atoms with E-state index in [0.717, 1.165) is 29.6 Å². The van der Waals surface area contributed by atoms with Crippen LogP contribution >= 0.6 is 0 Å². The van der Waals surface area contributed by atoms with Gasteiger partial charge in [-0.1, -0.05) is 39.3 Å². The molecule has 4 rings (SSSR count). The first-order valence-electron chi connectivity index (χ1n) is 9.74. The highest BCUT2D eigenvalue weighted by Gasteiger charge is 2.58. The van der Waals surface area contributed by atoms with Crippen molar-refractivity contribution < 1.29 is 0 Å². The summed E-state index contributed by atoms with van der Waals surface area (Å²) in [5, 5.41) is 0. The van der Waals surface area contributed by atoms with Crippen LogP contribution in [0.4, 0.5) is 0 Å². The molecule has 4 aliphatic rings. The third-order valence-corrected chi connectivity index (χ3v) is 8.90. The molecule has 0 aliphatic heterocycles. The molecule has 0 nitrogen and oxygen atoms in total. The maximum atomic E-state index is 2.67. The Hall–Kier alpha value is -0.260. The monoisotopic (exact) mass is 286 g/mol. The lowest BCUT2D eigenvalue weighted by molar-refractivity contribution is -0.0963. The maximum absolute atomic E-state index is 2.67. The van der Waals surface area contributed by atoms with Gasteiger partial charge < -0.3 is 0 Å². The van der Waals surface area contributed by atoms with Gasteiger partial charge in [-0.25, -0.2) is 0 Å². The minimum Gasteiger partial charge on any atom is -0.0882 e. The van der Waals surface area contributed by atoms with Gasteiger partial charge in [0.15, 0.2) is 0 Å². The van der Waals surface area contributed by atoms with Crippen molar-refractivity contribution in [1.29, 1.82) is 0 Å². The summed E-state index contributed by atoms with van der Waals surface area (Å²) in [6.07, 6.45) is 18.4. The van der Waals surface area contributed by atoms with Gasteiger partial charge in [-0.3, -0.25) is 0 Å². The van der Waals surface area contributed by atoms with E-state index in [4.69, 9.17) is 0 Å². The fourth-order valence-corrected chi connectivity index (χ4v) is 7.62. The lowest BCUT2D eigenvalue weighted by Gasteiger charge is -2.59. The number of fused-ring (bicyclic) bond motifs is 5. The molecule has 118 valence electrons. The van der Waals surface area contributed by atoms with E-state index < -0.39 is 0 Å². The lowest BCUT2D eigenvalue weighted by Crippen LogP contribution is -2.52. The molecule has 0 spiro atoms. The van der Waals surface area contributed by atoms with Crippen LogP contribution in [0.2, 0.25) is 0 Å². The van der Waals surface area contributed by atoms with Crippen LogP contribution in [-0.4, -0.2) is 0 Å². The molecule has 0 aromatic rings. The fourth-order valence-electron chi connectivity index (χ4n) is 7.62. The van der Waals surface area contributed by atoms with Crippen LogP contribution in [-0.2, 0) is 0 Å². The quantitative estimate of drug-likeness (QED) is 0.502. The van der Waals surface area contributed by atoms with Crippen LogP contribution in [0.15, 0.2) is 12.2 Å². The second-order valence-electron chi connectivity index (χ2n) is 9.30. The van der Waals surface area contributed by atoms with Crippen molar-refractivity contribution in [3.05, 3.63) is 12.2 Å². The minimum absolute atomic E-state index is 0.642. The van der Waals surface area contributed by atoms with E-state index in [1.807, 2.05) is 0 Å². The van der Waals surface area contributed by atoms with Gasteiger partial charge in [0.2, 0.25) is 0 Å². The average Bonchev–Trinajstić information content (AvgIpc) is 2.83. The first-order valence-corrected chi connectivity index (χ1v) is 9.74. The Kier molecular flexibility index (Phi) is 3.32. The molecule has 4 aliphatic carbocycles. The molecule has 0 N–H and O–H groups in total. The van der Waals surface area contributed by atoms with Crippen LogP contribution < -0.4 is 0 Å². The predicted octanol–water partition coefficient (Wildman–Crippen LogP) is 6.22. The third-order valence-electron chi connectivity index (χ3n) is 8.90. The molecular formula is C21H34. The zero-order valence-electron chi connectivity index (χ0n) is 14.4. The molecule has 0 heteroatoms. The normalized spacial score (nSPS) is 55.7. The molecule has 7 atom stereocenters. The molecule has 3 saturated carbocycles. The van der Waals surface area contributed by atoms with E-state index in [0.29, 0.717) is 10.8 Å². The van der Waals surface area contributed by atoms with Crippen LogP contribution in [0.1, 0.15) is 78.6 Å². The van der Waals surface area contributed by atoms with Gasteiger partial charge in [0.25, 0.3) is 0 Å². The van der Waals surface area contributed by atoms with Gasteiger partial charge in [0.1, 0.15) is 0 Å². The maximum Gasteiger partial charge on any atom is -0.0229 e. The minimum atomic E-state index is 0.642. The van der Waals surface area contributed by atoms with Crippen molar-refractivity contribution in [2.24, 2.45) is 40.4 Å². The largest absolute Gasteiger partial charge is 0.0882 e. The van der Waals surface area contributed by atoms with Crippen LogP contribution in [0.25, 0.3) is 0 Å². The Labute approximate surface area is 131 Å². The van der Waals surface area contributed by atoms with Crippen molar-refractivity contribution in [2.75, 3.05) is 0 Å². The topological polar surface area (TPSA) is 0 Å². The van der Waals surface area contributed by atoms with Crippen LogP contribution in [0.3, 0.4) is 0 Å². The van der Waals surface area contributed by atoms with E-state index in [-0.39, 0.29) is 0 Å². The van der Waals surface area contributed by atoms with Crippen molar-refractivity contribution in [3.8, 4) is 0 Å². The Balaban J connectivity index is 1.64. The molecule has 0 bridgehead atoms. The summed E-state index contributed by atoms with van der Waals surface area (Å²) in [7, 11) is 0. The zero-order valence-corrected chi connectivity index (χ0v) is 14.4. The Morgan fingerprint density at radius 1 is 0.905 bits per heavy atom. The number of rotatable bonds is 1. The molecule has 0 aromatic carbocycles. The first-order chi connectivity index (χ1) is 10.1. The summed E-state index contributed by atoms with van der Waals surface area (Å²) in [6, 6.07) is 0. The summed E-state index contributed by atoms with van der Waals surface area (Å²) in [4.78, 5) is 0. The molecule has 0 radical (unpaired) electrons. The molecule has 1 unspecified atom stereocenters. The standard InChI is InChI=1S/C21H34/c1-4-15-9-11-18-17-10-8-16-7-5-6-13-20(16,2)19(17)12-14-21(15,18)3/h5-6,15-19H,4,7-14H2,1-3H3/t15-,16?,17-,18-,19-,20-,21+/m0/s1. The molecule has 3 fully saturated rings. The Morgan fingerprint density at radius 2 is 1.71 bits per heavy atom. The van der Waals surface area contributed by atoms with Gasteiger partial charge in [-0.05, 0) is 91.8 Å². The van der Waals surface area contributed by atoms with Gasteiger partial charge in [-0.2, -0.15) is 0 Å². The molecular weight excluding hydrogens is 252 g/mol. The first kappa shape index (κ1) is 14.3. The summed E-state index contributed by atoms with van der Waals surface area (Å²) >= 11 is 0. The SMILES string of the molecule is CC[C@H]1CC[C@H]2[C@@H]3CCC4CC=CC[C@]4(C)[C@H]3CC[C@]12C. The summed E-state index contributed by atoms with van der Waals surface area (Å²) in [6.45, 7) is 7.77. The smallest absolute Gasteiger partial charge is 0.0229 e. The zero-order chi connectivity index (χ0) is 14.7. The number of hydrogen-bond acceptors (Lipinski definition) is 0. The molecule has 0 heterocycles. The van der Waals surface area contributed by atoms with Crippen LogP contribution in [0.5, 0.6) is 0 Å². The van der Waals surface area contributed by atoms with Crippen molar-refractivity contribution >= 4 is 0 Å². The van der Waals surface area contributed by atoms with Crippen LogP contribution in [0, 0.1) is 40.4 Å². The number of allylic oxidation sites excluding steroid dienone is 2. The summed E-state index contributed by atoms with van der Waals surface area (Å²) < 4.78 is 0. The van der Waals surface area contributed by atoms with Gasteiger partial charge in [0.05, 0.1) is 0 Å². The van der Waals surface area contributed by atoms with E-state index in [2.05, 4.69) is 32.9 Å². The van der Waals surface area contributed by atoms with Crippen molar-refractivity contribution in [3.63, 3.8) is 0 Å². The molecule has 0 aromatic heterocycles. The summed E-state index contributed by atoms with van der Waals surface area (Å²) in [5.74, 6) is 5.18. The van der Waals surface area contributed by atoms with Gasteiger partial charge >= 0.3 is 0 Å². The van der Waals surface area contributed by atoms with Gasteiger partial charge in [0, 0.05) is 0 Å². The second kappa shape index (κ2) is 4.87. The fraction of sp³-hybridized carbons (Fsp3) is 0.905. The second-order valence-corrected chi connectivity index (χ2v) is 9.30. The summed E-state index contributed by atoms with van der Waals surface area (Å²) in [5.41, 5.74) is 1.34. The highest BCUT2D eigenvalue weighted by molar-refractivity contribution is 5.11. The average molecular weight is 287 g/mol. The van der Waals surface area contributed by atoms with Gasteiger partial charge in [-0.15, -0.1) is 0 Å². The molecule has 0 amide bonds. The van der Waals surface area contributed by atoms with E-state index in [9.17, 15) is 0 Å². The molecule has 21 heavy (non-hydrogen) atoms. The van der Waals surface area contributed by atoms with E-state index in [1.54, 1.807) is 12.8 Å². The highest BCUT2D eigenvalue weighted by Crippen LogP contribution is 2.67. The third kappa shape index (κ3) is 1.86. The molecule has 0 saturated heterocycles. The lowest BCUT2D eigenvalue weighted by atomic mass is 9.45. The highest BCUT2D eigenvalue weighted by atomic mass is 14.6. The Morgan fingerprint density at radius 3 is 2.52 bits per heavy atom. The van der Waals surface area contributed by atoms with Crippen molar-refractivity contribution in [1.82, 2.24) is 0 Å². The number of hydrogen-bond donors (Lipinski definition) is 0. The Bertz CT molecular complexity index is 435. The van der Waals surface area contributed by atoms with Crippen molar-refractivity contribution in [2.45, 2.75) is 78.6 Å².